The van der Waals surface area contributed by atoms with Crippen LogP contribution in [0.4, 0.5) is 0 Å². The van der Waals surface area contributed by atoms with Crippen LogP contribution in [-0.4, -0.2) is 13.1 Å². The maximum absolute atomic E-state index is 11.9. The Morgan fingerprint density at radius 3 is 2.79 bits per heavy atom. The summed E-state index contributed by atoms with van der Waals surface area (Å²) in [6.45, 7) is 0. The standard InChI is InChI=1S/C16H12O3/c1-18-12-6-4-5-11(9-12)10-14-13-7-2-3-8-15(13)19-16(14)17/h2-10H,1H3/b14-10-. The van der Waals surface area contributed by atoms with Crippen molar-refractivity contribution in [1.29, 1.82) is 0 Å². The van der Waals surface area contributed by atoms with Gasteiger partial charge in [-0.1, -0.05) is 30.3 Å². The van der Waals surface area contributed by atoms with Crippen molar-refractivity contribution in [2.45, 2.75) is 0 Å². The van der Waals surface area contributed by atoms with Gasteiger partial charge in [-0.15, -0.1) is 0 Å². The van der Waals surface area contributed by atoms with Crippen molar-refractivity contribution in [3.63, 3.8) is 0 Å². The summed E-state index contributed by atoms with van der Waals surface area (Å²) in [5.41, 5.74) is 2.31. The van der Waals surface area contributed by atoms with E-state index in [1.54, 1.807) is 13.2 Å². The van der Waals surface area contributed by atoms with Crippen LogP contribution in [0.2, 0.25) is 0 Å². The minimum Gasteiger partial charge on any atom is -0.497 e. The first kappa shape index (κ1) is 11.5. The topological polar surface area (TPSA) is 35.5 Å². The first-order valence-corrected chi connectivity index (χ1v) is 5.95. The fourth-order valence-corrected chi connectivity index (χ4v) is 2.08. The molecule has 3 nitrogen and oxygen atoms in total. The molecule has 3 rings (SSSR count). The van der Waals surface area contributed by atoms with Crippen molar-refractivity contribution in [1.82, 2.24) is 0 Å². The van der Waals surface area contributed by atoms with Gasteiger partial charge < -0.3 is 9.47 Å². The molecule has 0 saturated heterocycles. The minimum atomic E-state index is -0.316. The van der Waals surface area contributed by atoms with Gasteiger partial charge in [-0.05, 0) is 29.8 Å². The number of esters is 1. The lowest BCUT2D eigenvalue weighted by molar-refractivity contribution is -0.126. The Labute approximate surface area is 111 Å². The molecule has 2 aromatic carbocycles. The summed E-state index contributed by atoms with van der Waals surface area (Å²) in [6.07, 6.45) is 1.82. The zero-order chi connectivity index (χ0) is 13.2. The van der Waals surface area contributed by atoms with E-state index < -0.39 is 0 Å². The van der Waals surface area contributed by atoms with Gasteiger partial charge in [0.15, 0.2) is 0 Å². The molecular formula is C16H12O3. The Kier molecular flexibility index (Phi) is 2.80. The third-order valence-corrected chi connectivity index (χ3v) is 3.00. The highest BCUT2D eigenvalue weighted by Gasteiger charge is 2.25. The van der Waals surface area contributed by atoms with Crippen LogP contribution in [0.1, 0.15) is 11.1 Å². The zero-order valence-electron chi connectivity index (χ0n) is 10.4. The second-order valence-electron chi connectivity index (χ2n) is 4.22. The van der Waals surface area contributed by atoms with E-state index in [4.69, 9.17) is 9.47 Å². The number of ether oxygens (including phenoxy) is 2. The maximum atomic E-state index is 11.9. The van der Waals surface area contributed by atoms with E-state index in [0.717, 1.165) is 16.9 Å². The minimum absolute atomic E-state index is 0.316. The molecule has 0 atom stereocenters. The number of hydrogen-bond donors (Lipinski definition) is 0. The lowest BCUT2D eigenvalue weighted by Crippen LogP contribution is -2.00. The molecule has 94 valence electrons. The Balaban J connectivity index is 2.06. The van der Waals surface area contributed by atoms with Gasteiger partial charge in [0.1, 0.15) is 11.5 Å². The van der Waals surface area contributed by atoms with Gasteiger partial charge in [-0.3, -0.25) is 0 Å². The summed E-state index contributed by atoms with van der Waals surface area (Å²) < 4.78 is 10.4. The SMILES string of the molecule is COc1cccc(/C=C2\C(=O)Oc3ccccc32)c1. The number of methoxy groups -OCH3 is 1. The van der Waals surface area contributed by atoms with Crippen molar-refractivity contribution in [2.75, 3.05) is 7.11 Å². The summed E-state index contributed by atoms with van der Waals surface area (Å²) in [5.74, 6) is 1.06. The van der Waals surface area contributed by atoms with E-state index in [1.807, 2.05) is 48.5 Å². The molecule has 0 amide bonds. The number of carbonyl (C=O) groups excluding carboxylic acids is 1. The van der Waals surface area contributed by atoms with Crippen LogP contribution in [0.3, 0.4) is 0 Å². The fraction of sp³-hybridized carbons (Fsp3) is 0.0625. The predicted octanol–water partition coefficient (Wildman–Crippen LogP) is 3.15. The normalized spacial score (nSPS) is 15.2. The molecule has 0 aliphatic carbocycles. The fourth-order valence-electron chi connectivity index (χ4n) is 2.08. The molecule has 1 heterocycles. The molecule has 1 aliphatic rings. The third-order valence-electron chi connectivity index (χ3n) is 3.00. The summed E-state index contributed by atoms with van der Waals surface area (Å²) in [7, 11) is 1.62. The molecule has 0 fully saturated rings. The van der Waals surface area contributed by atoms with E-state index >= 15 is 0 Å². The second-order valence-corrected chi connectivity index (χ2v) is 4.22. The van der Waals surface area contributed by atoms with E-state index in [9.17, 15) is 4.79 Å². The van der Waals surface area contributed by atoms with Crippen LogP contribution in [-0.2, 0) is 4.79 Å². The largest absolute Gasteiger partial charge is 0.497 e. The Morgan fingerprint density at radius 2 is 1.95 bits per heavy atom. The molecule has 0 aromatic heterocycles. The number of fused-ring (bicyclic) bond motifs is 1. The molecule has 19 heavy (non-hydrogen) atoms. The Morgan fingerprint density at radius 1 is 1.11 bits per heavy atom. The van der Waals surface area contributed by atoms with Crippen molar-refractivity contribution in [2.24, 2.45) is 0 Å². The highest BCUT2D eigenvalue weighted by Crippen LogP contribution is 2.35. The monoisotopic (exact) mass is 252 g/mol. The molecule has 0 spiro atoms. The van der Waals surface area contributed by atoms with Crippen LogP contribution in [0.5, 0.6) is 11.5 Å². The van der Waals surface area contributed by atoms with Crippen LogP contribution < -0.4 is 9.47 Å². The molecule has 3 heteroatoms. The lowest BCUT2D eigenvalue weighted by Gasteiger charge is -2.01. The molecular weight excluding hydrogens is 240 g/mol. The summed E-state index contributed by atoms with van der Waals surface area (Å²) >= 11 is 0. The van der Waals surface area contributed by atoms with Crippen LogP contribution in [0.25, 0.3) is 11.6 Å². The van der Waals surface area contributed by atoms with Crippen molar-refractivity contribution in [3.05, 3.63) is 59.7 Å². The zero-order valence-corrected chi connectivity index (χ0v) is 10.4. The highest BCUT2D eigenvalue weighted by atomic mass is 16.5. The van der Waals surface area contributed by atoms with Gasteiger partial charge in [-0.2, -0.15) is 0 Å². The Bertz CT molecular complexity index is 671. The van der Waals surface area contributed by atoms with E-state index in [1.165, 1.54) is 0 Å². The van der Waals surface area contributed by atoms with Crippen LogP contribution in [0.15, 0.2) is 48.5 Å². The molecule has 0 radical (unpaired) electrons. The summed E-state index contributed by atoms with van der Waals surface area (Å²) in [5, 5.41) is 0. The molecule has 2 aromatic rings. The highest BCUT2D eigenvalue weighted by molar-refractivity contribution is 6.25. The number of benzene rings is 2. The predicted molar refractivity (Wildman–Crippen MR) is 72.9 cm³/mol. The van der Waals surface area contributed by atoms with E-state index in [2.05, 4.69) is 0 Å². The van der Waals surface area contributed by atoms with E-state index in [0.29, 0.717) is 11.3 Å². The quantitative estimate of drug-likeness (QED) is 0.468. The smallest absolute Gasteiger partial charge is 0.344 e. The average Bonchev–Trinajstić information content (AvgIpc) is 2.76. The van der Waals surface area contributed by atoms with Crippen LogP contribution in [0, 0.1) is 0 Å². The maximum Gasteiger partial charge on any atom is 0.344 e. The third kappa shape index (κ3) is 2.10. The summed E-state index contributed by atoms with van der Waals surface area (Å²) in [6, 6.07) is 15.0. The van der Waals surface area contributed by atoms with E-state index in [-0.39, 0.29) is 5.97 Å². The number of carbonyl (C=O) groups is 1. The first-order valence-electron chi connectivity index (χ1n) is 5.95. The summed E-state index contributed by atoms with van der Waals surface area (Å²) in [4.78, 5) is 11.9. The van der Waals surface area contributed by atoms with Crippen molar-refractivity contribution >= 4 is 17.6 Å². The van der Waals surface area contributed by atoms with Crippen LogP contribution >= 0.6 is 0 Å². The van der Waals surface area contributed by atoms with Gasteiger partial charge in [-0.25, -0.2) is 4.79 Å². The number of hydrogen-bond acceptors (Lipinski definition) is 3. The number of rotatable bonds is 2. The van der Waals surface area contributed by atoms with Gasteiger partial charge >= 0.3 is 5.97 Å². The van der Waals surface area contributed by atoms with Gasteiger partial charge in [0.2, 0.25) is 0 Å². The average molecular weight is 252 g/mol. The van der Waals surface area contributed by atoms with Crippen molar-refractivity contribution < 1.29 is 14.3 Å². The molecule has 0 N–H and O–H groups in total. The lowest BCUT2D eigenvalue weighted by atomic mass is 10.0. The molecule has 0 unspecified atom stereocenters. The molecule has 0 saturated carbocycles. The Hall–Kier alpha value is -2.55. The van der Waals surface area contributed by atoms with Gasteiger partial charge in [0.25, 0.3) is 0 Å². The van der Waals surface area contributed by atoms with Gasteiger partial charge in [0.05, 0.1) is 12.7 Å². The number of para-hydroxylation sites is 1. The second kappa shape index (κ2) is 4.61. The van der Waals surface area contributed by atoms with Crippen molar-refractivity contribution in [3.8, 4) is 11.5 Å². The molecule has 1 aliphatic heterocycles. The van der Waals surface area contributed by atoms with Gasteiger partial charge in [0, 0.05) is 5.56 Å². The molecule has 0 bridgehead atoms. The first-order chi connectivity index (χ1) is 9.28.